The predicted molar refractivity (Wildman–Crippen MR) is 54.0 cm³/mol. The molecule has 0 aromatic heterocycles. The molecule has 0 aliphatic carbocycles. The summed E-state index contributed by atoms with van der Waals surface area (Å²) in [4.78, 5) is 0. The maximum atomic E-state index is 5.68. The largest absolute Gasteiger partial charge is 0.647 e. The van der Waals surface area contributed by atoms with Crippen molar-refractivity contribution >= 4 is 26.3 Å². The summed E-state index contributed by atoms with van der Waals surface area (Å²) >= 11 is 0.121. The van der Waals surface area contributed by atoms with Crippen LogP contribution in [0.25, 0.3) is 10.8 Å². The maximum Gasteiger partial charge on any atom is 0.528 e. The van der Waals surface area contributed by atoms with Crippen LogP contribution in [0.5, 0.6) is 5.75 Å². The van der Waals surface area contributed by atoms with Crippen LogP contribution in [-0.4, -0.2) is 15.6 Å². The first-order valence-electron chi connectivity index (χ1n) is 4.44. The second kappa shape index (κ2) is 2.77. The molecule has 61 valence electrons. The zero-order valence-corrected chi connectivity index (χ0v) is 8.31. The van der Waals surface area contributed by atoms with Crippen molar-refractivity contribution in [3.8, 4) is 5.75 Å². The molecule has 0 saturated heterocycles. The van der Waals surface area contributed by atoms with Crippen LogP contribution in [0, 0.1) is 0 Å². The molecule has 1 aliphatic rings. The molecule has 0 N–H and O–H groups in total. The van der Waals surface area contributed by atoms with E-state index in [-0.39, 0.29) is 15.6 Å². The molecule has 13 heavy (non-hydrogen) atoms. The summed E-state index contributed by atoms with van der Waals surface area (Å²) in [5.41, 5.74) is 1.45. The molecule has 2 aromatic rings. The molecule has 1 aliphatic heterocycles. The molecule has 1 nitrogen and oxygen atoms in total. The van der Waals surface area contributed by atoms with Crippen molar-refractivity contribution in [3.63, 3.8) is 0 Å². The second-order valence-corrected chi connectivity index (χ2v) is 4.24. The van der Waals surface area contributed by atoms with E-state index in [9.17, 15) is 0 Å². The first kappa shape index (κ1) is 7.44. The Kier molecular flexibility index (Phi) is 1.58. The zero-order chi connectivity index (χ0) is 8.67. The topological polar surface area (TPSA) is 9.23 Å². The van der Waals surface area contributed by atoms with Crippen LogP contribution >= 0.6 is 0 Å². The van der Waals surface area contributed by atoms with Crippen molar-refractivity contribution in [1.82, 2.24) is 0 Å². The maximum absolute atomic E-state index is 5.68. The molecule has 0 amide bonds. The van der Waals surface area contributed by atoms with E-state index >= 15 is 0 Å². The van der Waals surface area contributed by atoms with Crippen LogP contribution in [0.3, 0.4) is 0 Å². The molecule has 1 radical (unpaired) electrons. The summed E-state index contributed by atoms with van der Waals surface area (Å²) in [7, 11) is 0. The molecule has 0 saturated carbocycles. The summed E-state index contributed by atoms with van der Waals surface area (Å²) in [5, 5.41) is 3.74. The van der Waals surface area contributed by atoms with Crippen LogP contribution in [0.4, 0.5) is 0 Å². The predicted octanol–water partition coefficient (Wildman–Crippen LogP) is 2.35. The van der Waals surface area contributed by atoms with E-state index in [0.29, 0.717) is 0 Å². The highest BCUT2D eigenvalue weighted by Gasteiger charge is 2.14. The minimum atomic E-state index is 0.121. The molecule has 3 rings (SSSR count). The van der Waals surface area contributed by atoms with Gasteiger partial charge in [-0.25, -0.2) is 0 Å². The van der Waals surface area contributed by atoms with Gasteiger partial charge in [0.05, 0.1) is 5.75 Å². The second-order valence-electron chi connectivity index (χ2n) is 3.26. The number of hydrogen-bond acceptors (Lipinski definition) is 1. The molecule has 0 bridgehead atoms. The summed E-state index contributed by atoms with van der Waals surface area (Å²) in [5.74, 6) is 1.08. The highest BCUT2D eigenvalue weighted by Crippen LogP contribution is 2.31. The van der Waals surface area contributed by atoms with Gasteiger partial charge in [0.2, 0.25) is 0 Å². The van der Waals surface area contributed by atoms with Crippen LogP contribution < -0.4 is 3.79 Å². The summed E-state index contributed by atoms with van der Waals surface area (Å²) in [6.07, 6.45) is 0. The number of benzene rings is 2. The van der Waals surface area contributed by atoms with Gasteiger partial charge in [-0.3, -0.25) is 0 Å². The number of rotatable bonds is 0. The molecule has 2 heteroatoms. The van der Waals surface area contributed by atoms with Crippen molar-refractivity contribution < 1.29 is 3.79 Å². The first-order chi connectivity index (χ1) is 6.45. The van der Waals surface area contributed by atoms with E-state index in [0.717, 1.165) is 11.0 Å². The highest BCUT2D eigenvalue weighted by molar-refractivity contribution is 6.30. The average molecular weight is 183 g/mol. The average Bonchev–Trinajstić information content (AvgIpc) is 2.19. The van der Waals surface area contributed by atoms with E-state index in [1.165, 1.54) is 16.3 Å². The minimum Gasteiger partial charge on any atom is -0.647 e. The lowest BCUT2D eigenvalue weighted by molar-refractivity contribution is 0.592. The lowest BCUT2D eigenvalue weighted by Crippen LogP contribution is -2.11. The van der Waals surface area contributed by atoms with E-state index in [1.807, 2.05) is 0 Å². The van der Waals surface area contributed by atoms with Gasteiger partial charge in [-0.1, -0.05) is 30.3 Å². The smallest absolute Gasteiger partial charge is 0.528 e. The van der Waals surface area contributed by atoms with Gasteiger partial charge in [-0.05, 0) is 22.3 Å². The van der Waals surface area contributed by atoms with Gasteiger partial charge >= 0.3 is 15.6 Å². The number of hydrogen-bond donors (Lipinski definition) is 0. The Morgan fingerprint density at radius 2 is 1.92 bits per heavy atom. The molecule has 0 atom stereocenters. The third-order valence-corrected chi connectivity index (χ3v) is 3.49. The van der Waals surface area contributed by atoms with Crippen molar-refractivity contribution in [2.24, 2.45) is 0 Å². The van der Waals surface area contributed by atoms with Crippen LogP contribution in [0.15, 0.2) is 36.4 Å². The molecule has 1 heterocycles. The van der Waals surface area contributed by atoms with Gasteiger partial charge in [0.1, 0.15) is 0 Å². The highest BCUT2D eigenvalue weighted by atomic mass is 27.1. The molecule has 0 unspecified atom stereocenters. The van der Waals surface area contributed by atoms with Crippen LogP contribution in [0.2, 0.25) is 0 Å². The van der Waals surface area contributed by atoms with E-state index < -0.39 is 0 Å². The minimum absolute atomic E-state index is 0.121. The molecular formula is C11H8AlO. The van der Waals surface area contributed by atoms with E-state index in [1.54, 1.807) is 0 Å². The summed E-state index contributed by atoms with van der Waals surface area (Å²) < 4.78 is 5.68. The fourth-order valence-electron chi connectivity index (χ4n) is 1.87. The lowest BCUT2D eigenvalue weighted by atomic mass is 10.0. The Morgan fingerprint density at radius 3 is 2.85 bits per heavy atom. The van der Waals surface area contributed by atoms with Crippen molar-refractivity contribution in [2.75, 3.05) is 0 Å². The Hall–Kier alpha value is -0.968. The standard InChI is InChI=1S/C11H9O.Al/c1-8-4-2-5-9-6-3-7-10(12)11(8)9;/h2-7,12H,1H2;/q;+1/p-1. The van der Waals surface area contributed by atoms with Crippen molar-refractivity contribution in [3.05, 3.63) is 42.0 Å². The van der Waals surface area contributed by atoms with Crippen molar-refractivity contribution in [2.45, 2.75) is 5.28 Å². The van der Waals surface area contributed by atoms with E-state index in [4.69, 9.17) is 3.79 Å². The van der Waals surface area contributed by atoms with Crippen molar-refractivity contribution in [1.29, 1.82) is 0 Å². The molecule has 2 aromatic carbocycles. The van der Waals surface area contributed by atoms with Crippen LogP contribution in [-0.2, 0) is 5.28 Å². The Balaban J connectivity index is 2.49. The SMILES string of the molecule is c1cc2c3c(cccc3c1)[O][Al][CH2]2. The molecular weight excluding hydrogens is 175 g/mol. The first-order valence-corrected chi connectivity index (χ1v) is 5.73. The van der Waals surface area contributed by atoms with Gasteiger partial charge in [0.15, 0.2) is 0 Å². The zero-order valence-electron chi connectivity index (χ0n) is 7.16. The summed E-state index contributed by atoms with van der Waals surface area (Å²) in [6, 6.07) is 12.8. The molecule has 0 spiro atoms. The Bertz CT molecular complexity index is 426. The van der Waals surface area contributed by atoms with Gasteiger partial charge < -0.3 is 3.79 Å². The summed E-state index contributed by atoms with van der Waals surface area (Å²) in [6.45, 7) is 0. The normalized spacial score (nSPS) is 13.5. The van der Waals surface area contributed by atoms with Crippen LogP contribution in [0.1, 0.15) is 5.56 Å². The molecule has 0 fully saturated rings. The monoisotopic (exact) mass is 183 g/mol. The van der Waals surface area contributed by atoms with Gasteiger partial charge in [0.25, 0.3) is 0 Å². The Morgan fingerprint density at radius 1 is 1.08 bits per heavy atom. The fourth-order valence-corrected chi connectivity index (χ4v) is 2.85. The van der Waals surface area contributed by atoms with E-state index in [2.05, 4.69) is 36.4 Å². The lowest BCUT2D eigenvalue weighted by Gasteiger charge is -2.17. The third-order valence-electron chi connectivity index (χ3n) is 2.47. The Labute approximate surface area is 83.4 Å². The fraction of sp³-hybridized carbons (Fsp3) is 0.0909. The quantitative estimate of drug-likeness (QED) is 0.569. The van der Waals surface area contributed by atoms with Gasteiger partial charge in [-0.15, -0.1) is 0 Å². The third kappa shape index (κ3) is 1.07. The van der Waals surface area contributed by atoms with Gasteiger partial charge in [0, 0.05) is 5.39 Å². The van der Waals surface area contributed by atoms with Gasteiger partial charge in [-0.2, -0.15) is 0 Å².